The van der Waals surface area contributed by atoms with Crippen LogP contribution in [0.3, 0.4) is 0 Å². The molecular weight excluding hydrogens is 498 g/mol. The summed E-state index contributed by atoms with van der Waals surface area (Å²) < 4.78 is 27.4. The van der Waals surface area contributed by atoms with Gasteiger partial charge in [-0.15, -0.1) is 16.3 Å². The van der Waals surface area contributed by atoms with Crippen LogP contribution in [0.25, 0.3) is 10.8 Å². The van der Waals surface area contributed by atoms with Gasteiger partial charge in [0, 0.05) is 42.7 Å². The van der Waals surface area contributed by atoms with Crippen molar-refractivity contribution in [1.82, 2.24) is 9.47 Å². The van der Waals surface area contributed by atoms with E-state index in [1.807, 2.05) is 6.20 Å². The molecule has 2 heterocycles. The van der Waals surface area contributed by atoms with Gasteiger partial charge in [0.15, 0.2) is 14.6 Å². The fourth-order valence-electron chi connectivity index (χ4n) is 4.12. The maximum atomic E-state index is 12.8. The first kappa shape index (κ1) is 24.4. The Balaban J connectivity index is 1.35. The third-order valence-corrected chi connectivity index (χ3v) is 9.18. The molecule has 2 aromatic carbocycles. The van der Waals surface area contributed by atoms with Gasteiger partial charge in [0.2, 0.25) is 5.91 Å². The zero-order valence-corrected chi connectivity index (χ0v) is 20.9. The van der Waals surface area contributed by atoms with Gasteiger partial charge in [-0.05, 0) is 53.8 Å². The van der Waals surface area contributed by atoms with E-state index in [2.05, 4.69) is 4.99 Å². The van der Waals surface area contributed by atoms with Crippen LogP contribution in [0.4, 0.5) is 4.79 Å². The van der Waals surface area contributed by atoms with Gasteiger partial charge in [0.25, 0.3) is 0 Å². The molecule has 0 atom stereocenters. The van der Waals surface area contributed by atoms with Crippen LogP contribution in [-0.2, 0) is 21.7 Å². The molecule has 2 amide bonds. The molecule has 0 bridgehead atoms. The Hall–Kier alpha value is -2.69. The Labute approximate surface area is 206 Å². The summed E-state index contributed by atoms with van der Waals surface area (Å²) >= 11 is 7.33. The fraction of sp³-hybridized carbons (Fsp3) is 0.348. The molecule has 0 aliphatic carbocycles. The van der Waals surface area contributed by atoms with Crippen molar-refractivity contribution in [2.75, 3.05) is 18.8 Å². The summed E-state index contributed by atoms with van der Waals surface area (Å²) in [6, 6.07) is 10.2. The Kier molecular flexibility index (Phi) is 7.11. The number of hydrogen-bond donors (Lipinski definition) is 1. The van der Waals surface area contributed by atoms with Crippen molar-refractivity contribution in [3.63, 3.8) is 0 Å². The topological polar surface area (TPSA) is 109 Å². The smallest absolute Gasteiger partial charge is 0.433 e. The lowest BCUT2D eigenvalue weighted by molar-refractivity contribution is -0.131. The number of carboxylic acid groups (broad SMARTS) is 1. The van der Waals surface area contributed by atoms with Crippen LogP contribution in [0.15, 0.2) is 52.5 Å². The normalized spacial score (nSPS) is 15.7. The summed E-state index contributed by atoms with van der Waals surface area (Å²) in [5.41, 5.74) is 0. The zero-order chi connectivity index (χ0) is 24.5. The number of rotatable bonds is 5. The minimum Gasteiger partial charge on any atom is -0.463 e. The Morgan fingerprint density at radius 3 is 2.53 bits per heavy atom. The number of thiazole rings is 1. The number of nitrogens with zero attached hydrogens (tertiary/aromatic N) is 3. The third kappa shape index (κ3) is 5.51. The van der Waals surface area contributed by atoms with Gasteiger partial charge < -0.3 is 14.6 Å². The highest BCUT2D eigenvalue weighted by Gasteiger charge is 2.26. The minimum atomic E-state index is -3.60. The van der Waals surface area contributed by atoms with Crippen LogP contribution in [0, 0.1) is 0 Å². The molecule has 1 aliphatic rings. The van der Waals surface area contributed by atoms with Crippen molar-refractivity contribution in [3.8, 4) is 0 Å². The summed E-state index contributed by atoms with van der Waals surface area (Å²) in [6.07, 6.45) is 2.06. The van der Waals surface area contributed by atoms with Crippen molar-refractivity contribution in [2.24, 2.45) is 12.0 Å². The largest absolute Gasteiger partial charge is 0.463 e. The first-order chi connectivity index (χ1) is 16.1. The Bertz CT molecular complexity index is 1420. The summed E-state index contributed by atoms with van der Waals surface area (Å²) in [7, 11) is -1.85. The molecule has 0 saturated carbocycles. The van der Waals surface area contributed by atoms with Crippen LogP contribution >= 0.6 is 22.9 Å². The predicted molar refractivity (Wildman–Crippen MR) is 131 cm³/mol. The van der Waals surface area contributed by atoms with Gasteiger partial charge in [-0.3, -0.25) is 4.79 Å². The molecule has 1 fully saturated rings. The van der Waals surface area contributed by atoms with E-state index in [4.69, 9.17) is 16.7 Å². The van der Waals surface area contributed by atoms with Crippen molar-refractivity contribution < 1.29 is 23.1 Å². The number of hydrogen-bond acceptors (Lipinski definition) is 5. The van der Waals surface area contributed by atoms with Crippen molar-refractivity contribution in [1.29, 1.82) is 0 Å². The summed E-state index contributed by atoms with van der Waals surface area (Å²) in [4.78, 5) is 30.5. The highest BCUT2D eigenvalue weighted by molar-refractivity contribution is 7.91. The molecule has 1 N–H and O–H groups in total. The van der Waals surface area contributed by atoms with Crippen molar-refractivity contribution >= 4 is 55.5 Å². The number of halogens is 1. The number of sulfone groups is 1. The molecule has 0 unspecified atom stereocenters. The van der Waals surface area contributed by atoms with Crippen molar-refractivity contribution in [3.05, 3.63) is 57.3 Å². The SMILES string of the molecule is Cn1cc(C2CCN(C(=O)CCS(=O)(=O)c3ccc4cc(Cl)ccc4c3)CC2)sc1=NC(=O)O. The number of aryl methyl sites for hydroxylation is 1. The number of amides is 2. The molecule has 34 heavy (non-hydrogen) atoms. The van der Waals surface area contributed by atoms with E-state index in [0.29, 0.717) is 22.9 Å². The first-order valence-corrected chi connectivity index (χ1v) is 13.6. The second kappa shape index (κ2) is 9.89. The number of fused-ring (bicyclic) bond motifs is 1. The average Bonchev–Trinajstić information content (AvgIpc) is 3.16. The highest BCUT2D eigenvalue weighted by atomic mass is 35.5. The number of benzene rings is 2. The molecule has 3 aromatic rings. The molecule has 4 rings (SSSR count). The third-order valence-electron chi connectivity index (χ3n) is 5.99. The molecule has 1 aromatic heterocycles. The molecule has 8 nitrogen and oxygen atoms in total. The summed E-state index contributed by atoms with van der Waals surface area (Å²) in [6.45, 7) is 1.07. The Morgan fingerprint density at radius 1 is 1.15 bits per heavy atom. The molecule has 180 valence electrons. The summed E-state index contributed by atoms with van der Waals surface area (Å²) in [5.74, 6) is -0.202. The quantitative estimate of drug-likeness (QED) is 0.545. The number of carbonyl (C=O) groups is 2. The van der Waals surface area contributed by atoms with E-state index in [0.717, 1.165) is 28.5 Å². The Morgan fingerprint density at radius 2 is 1.82 bits per heavy atom. The monoisotopic (exact) mass is 521 g/mol. The zero-order valence-electron chi connectivity index (χ0n) is 18.5. The number of piperidine rings is 1. The predicted octanol–water partition coefficient (Wildman–Crippen LogP) is 4.04. The van der Waals surface area contributed by atoms with E-state index in [-0.39, 0.29) is 28.9 Å². The average molecular weight is 522 g/mol. The molecular formula is C23H24ClN3O5S2. The van der Waals surface area contributed by atoms with Gasteiger partial charge in [-0.2, -0.15) is 0 Å². The molecule has 0 spiro atoms. The van der Waals surface area contributed by atoms with E-state index >= 15 is 0 Å². The second-order valence-electron chi connectivity index (χ2n) is 8.30. The lowest BCUT2D eigenvalue weighted by atomic mass is 9.95. The van der Waals surface area contributed by atoms with Crippen LogP contribution in [0.2, 0.25) is 5.02 Å². The number of aromatic nitrogens is 1. The van der Waals surface area contributed by atoms with Crippen molar-refractivity contribution in [2.45, 2.75) is 30.1 Å². The highest BCUT2D eigenvalue weighted by Crippen LogP contribution is 2.30. The lowest BCUT2D eigenvalue weighted by Crippen LogP contribution is -2.38. The second-order valence-corrected chi connectivity index (χ2v) is 11.9. The lowest BCUT2D eigenvalue weighted by Gasteiger charge is -2.31. The first-order valence-electron chi connectivity index (χ1n) is 10.8. The maximum Gasteiger partial charge on any atom is 0.433 e. The molecule has 11 heteroatoms. The maximum absolute atomic E-state index is 12.8. The van der Waals surface area contributed by atoms with Gasteiger partial charge in [-0.1, -0.05) is 23.7 Å². The van der Waals surface area contributed by atoms with Gasteiger partial charge in [-0.25, -0.2) is 13.2 Å². The van der Waals surface area contributed by atoms with E-state index < -0.39 is 15.9 Å². The van der Waals surface area contributed by atoms with E-state index in [1.165, 1.54) is 11.3 Å². The van der Waals surface area contributed by atoms with Crippen LogP contribution in [-0.4, -0.2) is 53.8 Å². The van der Waals surface area contributed by atoms with Crippen LogP contribution < -0.4 is 4.80 Å². The number of carbonyl (C=O) groups excluding carboxylic acids is 1. The fourth-order valence-corrected chi connectivity index (χ4v) is 6.71. The summed E-state index contributed by atoms with van der Waals surface area (Å²) in [5, 5.41) is 11.1. The van der Waals surface area contributed by atoms with Crippen LogP contribution in [0.5, 0.6) is 0 Å². The number of likely N-dealkylation sites (tertiary alicyclic amines) is 1. The van der Waals surface area contributed by atoms with Gasteiger partial charge in [0.05, 0.1) is 10.6 Å². The molecule has 1 saturated heterocycles. The van der Waals surface area contributed by atoms with E-state index in [9.17, 15) is 18.0 Å². The standard InChI is InChI=1S/C23H24ClN3O5S2/c1-26-14-20(33-22(26)25-23(29)30)15-6-9-27(10-7-15)21(28)8-11-34(31,32)19-5-3-16-12-18(24)4-2-17(16)13-19/h2-5,12-15H,6-11H2,1H3,(H,29,30). The van der Waals surface area contributed by atoms with E-state index in [1.54, 1.807) is 52.9 Å². The minimum absolute atomic E-state index is 0.0682. The van der Waals surface area contributed by atoms with Gasteiger partial charge >= 0.3 is 6.09 Å². The van der Waals surface area contributed by atoms with Crippen LogP contribution in [0.1, 0.15) is 30.1 Å². The molecule has 1 aliphatic heterocycles. The van der Waals surface area contributed by atoms with Gasteiger partial charge in [0.1, 0.15) is 0 Å². The molecule has 0 radical (unpaired) electrons.